The summed E-state index contributed by atoms with van der Waals surface area (Å²) in [5, 5.41) is 5.41. The highest BCUT2D eigenvalue weighted by Crippen LogP contribution is 2.38. The number of halogens is 2. The number of fused-ring (bicyclic) bond motifs is 3. The number of H-pyrrole nitrogens is 1. The maximum atomic E-state index is 13.0. The number of carbonyl (C=O) groups excluding carboxylic acids is 1. The Morgan fingerprint density at radius 3 is 2.25 bits per heavy atom. The molecule has 2 aromatic heterocycles. The zero-order valence-corrected chi connectivity index (χ0v) is 22.0. The summed E-state index contributed by atoms with van der Waals surface area (Å²) in [6.07, 6.45) is 1.56. The number of aromatic amines is 1. The van der Waals surface area contributed by atoms with E-state index in [1.165, 1.54) is 6.92 Å². The van der Waals surface area contributed by atoms with E-state index in [0.29, 0.717) is 38.7 Å². The van der Waals surface area contributed by atoms with Gasteiger partial charge in [0.2, 0.25) is 0 Å². The number of nitrogens with one attached hydrogen (secondary N) is 2. The second-order valence-corrected chi connectivity index (χ2v) is 10.7. The van der Waals surface area contributed by atoms with Crippen molar-refractivity contribution >= 4 is 74.7 Å². The van der Waals surface area contributed by atoms with Gasteiger partial charge in [0.1, 0.15) is 5.82 Å². The first-order chi connectivity index (χ1) is 16.9. The van der Waals surface area contributed by atoms with Crippen LogP contribution in [0, 0.1) is 0 Å². The van der Waals surface area contributed by atoms with Crippen LogP contribution in [0.4, 0.5) is 11.5 Å². The van der Waals surface area contributed by atoms with Crippen LogP contribution in [0.1, 0.15) is 45.0 Å². The van der Waals surface area contributed by atoms with Crippen LogP contribution in [0.2, 0.25) is 10.0 Å². The number of ketones is 1. The van der Waals surface area contributed by atoms with E-state index in [-0.39, 0.29) is 21.4 Å². The standard InChI is InChI=1S/C26H24BCl2N3O4/c1-13(33)14-10-18(28)22(19(29)11-14)32-23-16-8-9-30-24(34)21(16)17-12-15(6-7-20(17)31-23)27-35-25(2,3)26(4,5)36-27/h6-12H,1-5H3,(H,30,34)(H,31,32). The Kier molecular flexibility index (Phi) is 5.91. The van der Waals surface area contributed by atoms with Gasteiger partial charge in [-0.25, -0.2) is 4.98 Å². The lowest BCUT2D eigenvalue weighted by Gasteiger charge is -2.32. The second-order valence-electron chi connectivity index (χ2n) is 9.92. The molecule has 1 saturated heterocycles. The molecule has 2 N–H and O–H groups in total. The zero-order valence-electron chi connectivity index (χ0n) is 20.5. The van der Waals surface area contributed by atoms with Crippen molar-refractivity contribution in [3.63, 3.8) is 0 Å². The third kappa shape index (κ3) is 4.08. The van der Waals surface area contributed by atoms with Gasteiger partial charge < -0.3 is 19.6 Å². The number of hydrogen-bond acceptors (Lipinski definition) is 6. The lowest BCUT2D eigenvalue weighted by atomic mass is 9.78. The van der Waals surface area contributed by atoms with Crippen molar-refractivity contribution in [2.24, 2.45) is 0 Å². The number of anilines is 2. The van der Waals surface area contributed by atoms with Crippen LogP contribution < -0.4 is 16.3 Å². The normalized spacial score (nSPS) is 16.6. The van der Waals surface area contributed by atoms with Crippen molar-refractivity contribution in [2.75, 3.05) is 5.32 Å². The molecule has 184 valence electrons. The number of aromatic nitrogens is 2. The molecule has 7 nitrogen and oxygen atoms in total. The molecule has 1 aliphatic heterocycles. The number of benzene rings is 2. The smallest absolute Gasteiger partial charge is 0.399 e. The third-order valence-corrected chi connectivity index (χ3v) is 7.55. The minimum atomic E-state index is -0.576. The van der Waals surface area contributed by atoms with Crippen molar-refractivity contribution in [3.05, 3.63) is 68.6 Å². The first-order valence-electron chi connectivity index (χ1n) is 11.5. The van der Waals surface area contributed by atoms with Gasteiger partial charge >= 0.3 is 7.12 Å². The fourth-order valence-electron chi connectivity index (χ4n) is 4.21. The van der Waals surface area contributed by atoms with E-state index in [9.17, 15) is 9.59 Å². The number of carbonyl (C=O) groups is 1. The quantitative estimate of drug-likeness (QED) is 0.204. The van der Waals surface area contributed by atoms with E-state index in [2.05, 4.69) is 10.3 Å². The van der Waals surface area contributed by atoms with Crippen LogP contribution in [-0.4, -0.2) is 34.1 Å². The van der Waals surface area contributed by atoms with Gasteiger partial charge in [0.05, 0.1) is 37.8 Å². The van der Waals surface area contributed by atoms with Crippen LogP contribution in [0.3, 0.4) is 0 Å². The highest BCUT2D eigenvalue weighted by atomic mass is 35.5. The molecule has 0 saturated carbocycles. The largest absolute Gasteiger partial charge is 0.494 e. The summed E-state index contributed by atoms with van der Waals surface area (Å²) in [7, 11) is -0.576. The molecule has 0 bridgehead atoms. The Hall–Kier alpha value is -2.91. The molecule has 0 atom stereocenters. The molecular weight excluding hydrogens is 500 g/mol. The second kappa shape index (κ2) is 8.59. The Balaban J connectivity index is 1.65. The summed E-state index contributed by atoms with van der Waals surface area (Å²) in [6, 6.07) is 10.4. The maximum absolute atomic E-state index is 13.0. The molecular formula is C26H24BCl2N3O4. The molecule has 10 heteroatoms. The number of pyridine rings is 2. The maximum Gasteiger partial charge on any atom is 0.494 e. The first-order valence-corrected chi connectivity index (χ1v) is 12.2. The predicted octanol–water partition coefficient (Wildman–Crippen LogP) is 5.63. The van der Waals surface area contributed by atoms with Gasteiger partial charge in [0.25, 0.3) is 5.56 Å². The highest BCUT2D eigenvalue weighted by molar-refractivity contribution is 6.62. The fraction of sp³-hybridized carbons (Fsp3) is 0.269. The molecule has 3 heterocycles. The van der Waals surface area contributed by atoms with Crippen molar-refractivity contribution < 1.29 is 14.1 Å². The summed E-state index contributed by atoms with van der Waals surface area (Å²) in [5.74, 6) is 0.260. The molecule has 1 fully saturated rings. The Labute approximate surface area is 218 Å². The van der Waals surface area contributed by atoms with E-state index >= 15 is 0 Å². The topological polar surface area (TPSA) is 93.3 Å². The van der Waals surface area contributed by atoms with Gasteiger partial charge in [0, 0.05) is 22.5 Å². The van der Waals surface area contributed by atoms with Crippen LogP contribution >= 0.6 is 23.2 Å². The van der Waals surface area contributed by atoms with Crippen molar-refractivity contribution in [3.8, 4) is 0 Å². The molecule has 2 aromatic carbocycles. The predicted molar refractivity (Wildman–Crippen MR) is 145 cm³/mol. The summed E-state index contributed by atoms with van der Waals surface area (Å²) >= 11 is 12.9. The Morgan fingerprint density at radius 1 is 1.00 bits per heavy atom. The van der Waals surface area contributed by atoms with Gasteiger partial charge in [-0.2, -0.15) is 0 Å². The monoisotopic (exact) mass is 523 g/mol. The molecule has 1 aliphatic rings. The van der Waals surface area contributed by atoms with Crippen molar-refractivity contribution in [1.29, 1.82) is 0 Å². The van der Waals surface area contributed by atoms with Crippen LogP contribution in [0.25, 0.3) is 21.7 Å². The van der Waals surface area contributed by atoms with E-state index in [4.69, 9.17) is 37.5 Å². The van der Waals surface area contributed by atoms with Crippen LogP contribution in [-0.2, 0) is 9.31 Å². The Bertz CT molecular complexity index is 1580. The number of hydrogen-bond donors (Lipinski definition) is 2. The molecule has 4 aromatic rings. The average molecular weight is 524 g/mol. The van der Waals surface area contributed by atoms with Crippen LogP contribution in [0.15, 0.2) is 47.4 Å². The number of Topliss-reactive ketones (excluding diaryl/α,β-unsaturated/α-hetero) is 1. The lowest BCUT2D eigenvalue weighted by molar-refractivity contribution is 0.00578. The first kappa shape index (κ1) is 24.8. The summed E-state index contributed by atoms with van der Waals surface area (Å²) in [5.41, 5.74) is 0.930. The summed E-state index contributed by atoms with van der Waals surface area (Å²) in [6.45, 7) is 9.41. The van der Waals surface area contributed by atoms with E-state index in [1.54, 1.807) is 24.4 Å². The van der Waals surface area contributed by atoms with Gasteiger partial charge in [-0.05, 0) is 64.3 Å². The van der Waals surface area contributed by atoms with Gasteiger partial charge in [-0.3, -0.25) is 9.59 Å². The van der Waals surface area contributed by atoms with Crippen molar-refractivity contribution in [1.82, 2.24) is 9.97 Å². The SMILES string of the molecule is CC(=O)c1cc(Cl)c(Nc2nc3ccc(B4OC(C)(C)C(C)(C)O4)cc3c3c(=O)[nH]ccc23)c(Cl)c1. The summed E-state index contributed by atoms with van der Waals surface area (Å²) < 4.78 is 12.4. The van der Waals surface area contributed by atoms with Crippen molar-refractivity contribution in [2.45, 2.75) is 45.8 Å². The number of rotatable bonds is 4. The van der Waals surface area contributed by atoms with E-state index in [1.807, 2.05) is 45.9 Å². The molecule has 36 heavy (non-hydrogen) atoms. The Morgan fingerprint density at radius 2 is 1.64 bits per heavy atom. The fourth-order valence-corrected chi connectivity index (χ4v) is 4.79. The van der Waals surface area contributed by atoms with Gasteiger partial charge in [-0.15, -0.1) is 0 Å². The van der Waals surface area contributed by atoms with E-state index < -0.39 is 18.3 Å². The zero-order chi connectivity index (χ0) is 26.0. The van der Waals surface area contributed by atoms with E-state index in [0.717, 1.165) is 5.46 Å². The average Bonchev–Trinajstić information content (AvgIpc) is 3.02. The highest BCUT2D eigenvalue weighted by Gasteiger charge is 2.51. The minimum absolute atomic E-state index is 0.149. The molecule has 0 spiro atoms. The molecule has 0 aliphatic carbocycles. The summed E-state index contributed by atoms with van der Waals surface area (Å²) in [4.78, 5) is 32.3. The third-order valence-electron chi connectivity index (χ3n) is 6.96. The van der Waals surface area contributed by atoms with Gasteiger partial charge in [-0.1, -0.05) is 35.3 Å². The molecule has 0 radical (unpaired) electrons. The van der Waals surface area contributed by atoms with Gasteiger partial charge in [0.15, 0.2) is 5.78 Å². The molecule has 0 unspecified atom stereocenters. The van der Waals surface area contributed by atoms with Crippen LogP contribution in [0.5, 0.6) is 0 Å². The molecule has 5 rings (SSSR count). The minimum Gasteiger partial charge on any atom is -0.399 e. The molecule has 0 amide bonds. The number of nitrogens with zero attached hydrogens (tertiary/aromatic N) is 1. The lowest BCUT2D eigenvalue weighted by Crippen LogP contribution is -2.41.